The maximum Gasteiger partial charge on any atom is 0.326 e. The zero-order chi connectivity index (χ0) is 20.4. The number of halogens is 1. The summed E-state index contributed by atoms with van der Waals surface area (Å²) in [6.45, 7) is 2.74. The molecule has 1 aliphatic carbocycles. The zero-order valence-corrected chi connectivity index (χ0v) is 16.4. The molecule has 1 aromatic carbocycles. The minimum absolute atomic E-state index is 0.358. The smallest absolute Gasteiger partial charge is 0.326 e. The van der Waals surface area contributed by atoms with Crippen LogP contribution in [-0.2, 0) is 23.9 Å². The lowest BCUT2D eigenvalue weighted by atomic mass is 9.85. The van der Waals surface area contributed by atoms with Crippen molar-refractivity contribution in [2.45, 2.75) is 32.8 Å². The number of esters is 1. The average Bonchev–Trinajstić information content (AvgIpc) is 2.90. The van der Waals surface area contributed by atoms with Gasteiger partial charge in [-0.1, -0.05) is 29.8 Å². The molecule has 0 spiro atoms. The first-order chi connectivity index (χ1) is 13.3. The molecule has 2 aliphatic rings. The number of hydrogen-bond acceptors (Lipinski definition) is 5. The standard InChI is InChI=1S/C20H21ClN2O5/c1-11-7-8-13(21)9-16(11)22-18(25)12(2)28-17(24)10-23-19(26)14-5-3-4-6-15(14)20(23)27/h3-4,7-9,12,14-15H,5-6,10H2,1-2H3,(H,22,25)/t12-,14-,15+/m0/s1. The van der Waals surface area contributed by atoms with Crippen LogP contribution in [0, 0.1) is 18.8 Å². The Kier molecular flexibility index (Phi) is 5.84. The van der Waals surface area contributed by atoms with E-state index in [2.05, 4.69) is 5.32 Å². The molecule has 148 valence electrons. The SMILES string of the molecule is Cc1ccc(Cl)cc1NC(=O)[C@H](C)OC(=O)CN1C(=O)[C@H]2CC=CC[C@H]2C1=O. The molecule has 0 aromatic heterocycles. The number of allylic oxidation sites excluding steroid dienone is 2. The molecule has 0 bridgehead atoms. The fraction of sp³-hybridized carbons (Fsp3) is 0.400. The van der Waals surface area contributed by atoms with Crippen LogP contribution in [0.4, 0.5) is 5.69 Å². The van der Waals surface area contributed by atoms with Crippen LogP contribution in [0.2, 0.25) is 5.02 Å². The molecule has 8 heteroatoms. The Morgan fingerprint density at radius 3 is 2.43 bits per heavy atom. The monoisotopic (exact) mass is 404 g/mol. The van der Waals surface area contributed by atoms with Gasteiger partial charge < -0.3 is 10.1 Å². The van der Waals surface area contributed by atoms with Crippen LogP contribution >= 0.6 is 11.6 Å². The highest BCUT2D eigenvalue weighted by atomic mass is 35.5. The lowest BCUT2D eigenvalue weighted by molar-refractivity contribution is -0.158. The number of likely N-dealkylation sites (tertiary alicyclic amines) is 1. The van der Waals surface area contributed by atoms with E-state index in [0.717, 1.165) is 10.5 Å². The van der Waals surface area contributed by atoms with Gasteiger partial charge in [0, 0.05) is 10.7 Å². The molecule has 7 nitrogen and oxygen atoms in total. The summed E-state index contributed by atoms with van der Waals surface area (Å²) in [5.41, 5.74) is 1.32. The fourth-order valence-electron chi connectivity index (χ4n) is 3.41. The van der Waals surface area contributed by atoms with Gasteiger partial charge in [-0.05, 0) is 44.4 Å². The van der Waals surface area contributed by atoms with Gasteiger partial charge in [-0.15, -0.1) is 0 Å². The van der Waals surface area contributed by atoms with E-state index in [1.807, 2.05) is 19.1 Å². The summed E-state index contributed by atoms with van der Waals surface area (Å²) in [4.78, 5) is 50.2. The van der Waals surface area contributed by atoms with Crippen molar-refractivity contribution in [1.82, 2.24) is 4.90 Å². The number of aryl methyl sites for hydroxylation is 1. The minimum Gasteiger partial charge on any atom is -0.451 e. The van der Waals surface area contributed by atoms with E-state index in [9.17, 15) is 19.2 Å². The Hall–Kier alpha value is -2.67. The number of anilines is 1. The number of nitrogens with one attached hydrogen (secondary N) is 1. The number of hydrogen-bond donors (Lipinski definition) is 1. The molecule has 1 N–H and O–H groups in total. The molecule has 3 rings (SSSR count). The minimum atomic E-state index is -1.09. The third-order valence-corrected chi connectivity index (χ3v) is 5.26. The fourth-order valence-corrected chi connectivity index (χ4v) is 3.58. The lowest BCUT2D eigenvalue weighted by Gasteiger charge is -2.17. The second kappa shape index (κ2) is 8.14. The Labute approximate surface area is 167 Å². The van der Waals surface area contributed by atoms with Crippen molar-refractivity contribution in [1.29, 1.82) is 0 Å². The van der Waals surface area contributed by atoms with Crippen molar-refractivity contribution in [3.8, 4) is 0 Å². The van der Waals surface area contributed by atoms with Crippen LogP contribution in [0.1, 0.15) is 25.3 Å². The Morgan fingerprint density at radius 2 is 1.82 bits per heavy atom. The highest BCUT2D eigenvalue weighted by molar-refractivity contribution is 6.31. The van der Waals surface area contributed by atoms with Crippen molar-refractivity contribution < 1.29 is 23.9 Å². The zero-order valence-electron chi connectivity index (χ0n) is 15.6. The van der Waals surface area contributed by atoms with Crippen LogP contribution in [0.15, 0.2) is 30.4 Å². The number of fused-ring (bicyclic) bond motifs is 1. The number of ether oxygens (including phenoxy) is 1. The lowest BCUT2D eigenvalue weighted by Crippen LogP contribution is -2.39. The molecule has 3 atom stereocenters. The van der Waals surface area contributed by atoms with Crippen LogP contribution in [-0.4, -0.2) is 41.2 Å². The van der Waals surface area contributed by atoms with Gasteiger partial charge in [-0.25, -0.2) is 0 Å². The van der Waals surface area contributed by atoms with Crippen LogP contribution in [0.3, 0.4) is 0 Å². The summed E-state index contributed by atoms with van der Waals surface area (Å²) in [5.74, 6) is -2.87. The number of carbonyl (C=O) groups is 4. The predicted molar refractivity (Wildman–Crippen MR) is 102 cm³/mol. The maximum atomic E-state index is 12.4. The largest absolute Gasteiger partial charge is 0.451 e. The van der Waals surface area contributed by atoms with E-state index in [1.165, 1.54) is 6.92 Å². The molecule has 1 heterocycles. The van der Waals surface area contributed by atoms with Crippen LogP contribution in [0.25, 0.3) is 0 Å². The number of nitrogens with zero attached hydrogens (tertiary/aromatic N) is 1. The van der Waals surface area contributed by atoms with Crippen molar-refractivity contribution >= 4 is 41.0 Å². The van der Waals surface area contributed by atoms with E-state index in [0.29, 0.717) is 23.6 Å². The van der Waals surface area contributed by atoms with E-state index in [4.69, 9.17) is 16.3 Å². The van der Waals surface area contributed by atoms with Gasteiger partial charge >= 0.3 is 5.97 Å². The van der Waals surface area contributed by atoms with Crippen molar-refractivity contribution in [3.63, 3.8) is 0 Å². The molecule has 0 saturated carbocycles. The molecular weight excluding hydrogens is 384 g/mol. The van der Waals surface area contributed by atoms with Crippen LogP contribution in [0.5, 0.6) is 0 Å². The Bertz CT molecular complexity index is 840. The summed E-state index contributed by atoms with van der Waals surface area (Å²) in [7, 11) is 0. The van der Waals surface area contributed by atoms with Gasteiger partial charge in [0.2, 0.25) is 11.8 Å². The van der Waals surface area contributed by atoms with Crippen molar-refractivity contribution in [2.24, 2.45) is 11.8 Å². The quantitative estimate of drug-likeness (QED) is 0.462. The van der Waals surface area contributed by atoms with Crippen molar-refractivity contribution in [2.75, 3.05) is 11.9 Å². The second-order valence-corrected chi connectivity index (χ2v) is 7.44. The van der Waals surface area contributed by atoms with E-state index in [1.54, 1.807) is 18.2 Å². The number of carbonyl (C=O) groups excluding carboxylic acids is 4. The van der Waals surface area contributed by atoms with Gasteiger partial charge in [-0.3, -0.25) is 24.1 Å². The van der Waals surface area contributed by atoms with Gasteiger partial charge in [0.05, 0.1) is 11.8 Å². The third kappa shape index (κ3) is 4.09. The summed E-state index contributed by atoms with van der Waals surface area (Å²) in [6.07, 6.45) is 3.65. The predicted octanol–water partition coefficient (Wildman–Crippen LogP) is 2.47. The molecule has 1 fully saturated rings. The summed E-state index contributed by atoms with van der Waals surface area (Å²) in [5, 5.41) is 3.12. The Morgan fingerprint density at radius 1 is 1.21 bits per heavy atom. The second-order valence-electron chi connectivity index (χ2n) is 7.00. The molecule has 28 heavy (non-hydrogen) atoms. The maximum absolute atomic E-state index is 12.4. The number of benzene rings is 1. The normalized spacial score (nSPS) is 22.0. The van der Waals surface area contributed by atoms with E-state index in [-0.39, 0.29) is 11.8 Å². The molecule has 0 radical (unpaired) electrons. The average molecular weight is 405 g/mol. The summed E-state index contributed by atoms with van der Waals surface area (Å²) in [6, 6.07) is 5.06. The molecular formula is C20H21ClN2O5. The van der Waals surface area contributed by atoms with Gasteiger partial charge in [0.1, 0.15) is 6.54 Å². The highest BCUT2D eigenvalue weighted by Gasteiger charge is 2.47. The molecule has 1 aromatic rings. The van der Waals surface area contributed by atoms with Gasteiger partial charge in [0.15, 0.2) is 6.10 Å². The first-order valence-electron chi connectivity index (χ1n) is 9.04. The topological polar surface area (TPSA) is 92.8 Å². The molecule has 1 saturated heterocycles. The van der Waals surface area contributed by atoms with Crippen LogP contribution < -0.4 is 5.32 Å². The van der Waals surface area contributed by atoms with Gasteiger partial charge in [-0.2, -0.15) is 0 Å². The Balaban J connectivity index is 1.57. The summed E-state index contributed by atoms with van der Waals surface area (Å²) < 4.78 is 5.12. The molecule has 3 amide bonds. The number of rotatable bonds is 5. The van der Waals surface area contributed by atoms with Crippen molar-refractivity contribution in [3.05, 3.63) is 40.9 Å². The first-order valence-corrected chi connectivity index (χ1v) is 9.42. The third-order valence-electron chi connectivity index (χ3n) is 5.02. The summed E-state index contributed by atoms with van der Waals surface area (Å²) >= 11 is 5.93. The number of imide groups is 1. The first kappa shape index (κ1) is 20.1. The van der Waals surface area contributed by atoms with E-state index < -0.39 is 36.4 Å². The molecule has 0 unspecified atom stereocenters. The van der Waals surface area contributed by atoms with E-state index >= 15 is 0 Å². The van der Waals surface area contributed by atoms with Gasteiger partial charge in [0.25, 0.3) is 5.91 Å². The highest BCUT2D eigenvalue weighted by Crippen LogP contribution is 2.34. The number of amides is 3. The molecule has 1 aliphatic heterocycles.